The third-order valence-corrected chi connectivity index (χ3v) is 7.13. The molecular weight excluding hydrogens is 715 g/mol. The molecular formula is C30H24Br2Cl2CuN2O2. The maximum absolute atomic E-state index is 11.9. The molecule has 0 aliphatic carbocycles. The van der Waals surface area contributed by atoms with Crippen molar-refractivity contribution in [3.8, 4) is 11.5 Å². The fourth-order valence-electron chi connectivity index (χ4n) is 3.37. The van der Waals surface area contributed by atoms with Gasteiger partial charge in [0.25, 0.3) is 0 Å². The Hall–Kier alpha value is -2.12. The van der Waals surface area contributed by atoms with Crippen molar-refractivity contribution in [2.24, 2.45) is 9.98 Å². The number of benzene rings is 4. The van der Waals surface area contributed by atoms with Crippen LogP contribution in [0.1, 0.15) is 48.2 Å². The first-order chi connectivity index (χ1) is 18.2. The van der Waals surface area contributed by atoms with Crippen molar-refractivity contribution >= 4 is 67.5 Å². The van der Waals surface area contributed by atoms with E-state index in [1.165, 1.54) is 0 Å². The molecule has 0 saturated heterocycles. The minimum Gasteiger partial charge on any atom is -0.871 e. The summed E-state index contributed by atoms with van der Waals surface area (Å²) in [4.78, 5) is 8.81. The molecule has 4 aromatic rings. The number of hydrogen-bond acceptors (Lipinski definition) is 4. The molecule has 2 atom stereocenters. The van der Waals surface area contributed by atoms with Crippen LogP contribution in [0.4, 0.5) is 0 Å². The van der Waals surface area contributed by atoms with E-state index < -0.39 is 0 Å². The first kappa shape index (κ1) is 33.1. The van der Waals surface area contributed by atoms with Crippen molar-refractivity contribution in [1.29, 1.82) is 0 Å². The summed E-state index contributed by atoms with van der Waals surface area (Å²) in [6.45, 7) is 3.96. The molecule has 205 valence electrons. The predicted molar refractivity (Wildman–Crippen MR) is 162 cm³/mol. The summed E-state index contributed by atoms with van der Waals surface area (Å²) in [5.74, 6) is -0.207. The molecule has 4 nitrogen and oxygen atoms in total. The Morgan fingerprint density at radius 1 is 0.641 bits per heavy atom. The van der Waals surface area contributed by atoms with Gasteiger partial charge in [-0.2, -0.15) is 0 Å². The Kier molecular flexibility index (Phi) is 13.8. The van der Waals surface area contributed by atoms with E-state index in [0.29, 0.717) is 30.1 Å². The van der Waals surface area contributed by atoms with Crippen LogP contribution in [-0.4, -0.2) is 12.4 Å². The van der Waals surface area contributed by atoms with Gasteiger partial charge < -0.3 is 10.2 Å². The second-order valence-electron chi connectivity index (χ2n) is 8.34. The van der Waals surface area contributed by atoms with Crippen molar-refractivity contribution in [2.45, 2.75) is 25.9 Å². The molecule has 0 heterocycles. The minimum atomic E-state index is -0.103. The summed E-state index contributed by atoms with van der Waals surface area (Å²) in [6.07, 6.45) is 3.16. The van der Waals surface area contributed by atoms with Crippen LogP contribution in [0.3, 0.4) is 0 Å². The summed E-state index contributed by atoms with van der Waals surface area (Å²) < 4.78 is 0.905. The summed E-state index contributed by atoms with van der Waals surface area (Å²) >= 11 is 18.2. The zero-order chi connectivity index (χ0) is 27.7. The summed E-state index contributed by atoms with van der Waals surface area (Å²) in [5, 5.41) is 24.8. The molecule has 0 aliphatic rings. The van der Waals surface area contributed by atoms with E-state index in [-0.39, 0.29) is 40.7 Å². The number of hydrogen-bond donors (Lipinski definition) is 0. The maximum atomic E-state index is 11.9. The molecule has 1 radical (unpaired) electrons. The Morgan fingerprint density at radius 2 is 0.974 bits per heavy atom. The van der Waals surface area contributed by atoms with Crippen LogP contribution in [-0.2, 0) is 17.1 Å². The van der Waals surface area contributed by atoms with Gasteiger partial charge in [-0.3, -0.25) is 9.98 Å². The van der Waals surface area contributed by atoms with E-state index in [1.54, 1.807) is 36.7 Å². The second kappa shape index (κ2) is 16.2. The predicted octanol–water partition coefficient (Wildman–Crippen LogP) is 8.71. The maximum Gasteiger partial charge on any atom is 2.00 e. The first-order valence-corrected chi connectivity index (χ1v) is 14.0. The molecule has 0 fully saturated rings. The van der Waals surface area contributed by atoms with E-state index in [0.717, 1.165) is 11.1 Å². The molecule has 9 heteroatoms. The van der Waals surface area contributed by atoms with Gasteiger partial charge in [-0.1, -0.05) is 127 Å². The number of aliphatic imine (C=N–C) groups is 2. The first-order valence-electron chi connectivity index (χ1n) is 11.6. The average molecular weight is 739 g/mol. The van der Waals surface area contributed by atoms with Gasteiger partial charge in [-0.15, -0.1) is 0 Å². The Bertz CT molecular complexity index is 1310. The zero-order valence-corrected chi connectivity index (χ0v) is 26.5. The summed E-state index contributed by atoms with van der Waals surface area (Å²) in [7, 11) is 0. The molecule has 0 amide bonds. The van der Waals surface area contributed by atoms with Gasteiger partial charge in [-0.25, -0.2) is 0 Å². The molecule has 0 N–H and O–H groups in total. The molecule has 4 aromatic carbocycles. The van der Waals surface area contributed by atoms with Crippen molar-refractivity contribution in [3.05, 3.63) is 126 Å². The zero-order valence-electron chi connectivity index (χ0n) is 20.9. The fourth-order valence-corrected chi connectivity index (χ4v) is 5.04. The number of nitrogens with zero attached hydrogens (tertiary/aromatic N) is 2. The van der Waals surface area contributed by atoms with Crippen molar-refractivity contribution in [2.75, 3.05) is 0 Å². The molecule has 0 spiro atoms. The van der Waals surface area contributed by atoms with Crippen LogP contribution in [0, 0.1) is 0 Å². The largest absolute Gasteiger partial charge is 2.00 e. The van der Waals surface area contributed by atoms with Gasteiger partial charge in [0.1, 0.15) is 0 Å². The third-order valence-electron chi connectivity index (χ3n) is 5.51. The molecule has 0 aromatic heterocycles. The quantitative estimate of drug-likeness (QED) is 0.147. The Balaban J connectivity index is 0.000000267. The van der Waals surface area contributed by atoms with Crippen LogP contribution in [0.15, 0.2) is 104 Å². The summed E-state index contributed by atoms with van der Waals surface area (Å²) in [5.41, 5.74) is 3.18. The average Bonchev–Trinajstić information content (AvgIpc) is 2.92. The number of halogens is 4. The molecule has 4 rings (SSSR count). The summed E-state index contributed by atoms with van der Waals surface area (Å²) in [6, 6.07) is 26.2. The van der Waals surface area contributed by atoms with Gasteiger partial charge in [0, 0.05) is 31.4 Å². The van der Waals surface area contributed by atoms with Crippen LogP contribution >= 0.6 is 55.1 Å². The topological polar surface area (TPSA) is 70.8 Å². The van der Waals surface area contributed by atoms with Gasteiger partial charge in [0.05, 0.1) is 12.1 Å². The Morgan fingerprint density at radius 3 is 1.31 bits per heavy atom. The molecule has 39 heavy (non-hydrogen) atoms. The molecule has 0 bridgehead atoms. The molecule has 0 unspecified atom stereocenters. The van der Waals surface area contributed by atoms with Crippen molar-refractivity contribution in [3.63, 3.8) is 0 Å². The van der Waals surface area contributed by atoms with E-state index >= 15 is 0 Å². The fraction of sp³-hybridized carbons (Fsp3) is 0.133. The SMILES string of the molecule is C[C@@H](N=Cc1cc(Cl)cc(Br)c1[O-])c1ccccc1.C[C@@H](N=Cc1cc(Cl)cc(Br)c1[O-])c1ccccc1.[Cu+2]. The normalized spacial score (nSPS) is 12.5. The monoisotopic (exact) mass is 735 g/mol. The van der Waals surface area contributed by atoms with Gasteiger partial charge >= 0.3 is 17.1 Å². The smallest absolute Gasteiger partial charge is 0.871 e. The molecule has 0 aliphatic heterocycles. The van der Waals surface area contributed by atoms with Crippen molar-refractivity contribution in [1.82, 2.24) is 0 Å². The van der Waals surface area contributed by atoms with Crippen LogP contribution in [0.2, 0.25) is 10.0 Å². The van der Waals surface area contributed by atoms with Gasteiger partial charge in [0.2, 0.25) is 0 Å². The standard InChI is InChI=1S/2C15H13BrClNO.Cu/c2*1-10(11-5-3-2-4-6-11)18-9-12-7-13(17)8-14(16)15(12)19;/h2*2-10,19H,1H3;/q;;+2/p-2/t2*10-;/m11./s1. The van der Waals surface area contributed by atoms with E-state index in [4.69, 9.17) is 23.2 Å². The third kappa shape index (κ3) is 10.1. The van der Waals surface area contributed by atoms with Gasteiger partial charge in [-0.05, 0) is 60.4 Å². The van der Waals surface area contributed by atoms with E-state index in [1.807, 2.05) is 74.5 Å². The van der Waals surface area contributed by atoms with Gasteiger partial charge in [0.15, 0.2) is 0 Å². The van der Waals surface area contributed by atoms with Crippen LogP contribution in [0.25, 0.3) is 0 Å². The molecule has 0 saturated carbocycles. The van der Waals surface area contributed by atoms with Crippen LogP contribution < -0.4 is 10.2 Å². The minimum absolute atomic E-state index is 0. The van der Waals surface area contributed by atoms with E-state index in [9.17, 15) is 10.2 Å². The number of rotatable bonds is 6. The van der Waals surface area contributed by atoms with Crippen molar-refractivity contribution < 1.29 is 27.3 Å². The second-order valence-corrected chi connectivity index (χ2v) is 10.9. The Labute approximate surface area is 266 Å². The van der Waals surface area contributed by atoms with E-state index in [2.05, 4.69) is 41.8 Å². The van der Waals surface area contributed by atoms with Crippen LogP contribution in [0.5, 0.6) is 11.5 Å².